The van der Waals surface area contributed by atoms with Gasteiger partial charge in [0.1, 0.15) is 11.5 Å². The van der Waals surface area contributed by atoms with Crippen LogP contribution in [0.4, 0.5) is 10.1 Å². The van der Waals surface area contributed by atoms with Crippen molar-refractivity contribution in [1.29, 1.82) is 0 Å². The van der Waals surface area contributed by atoms with Crippen LogP contribution in [0, 0.1) is 5.82 Å². The van der Waals surface area contributed by atoms with Crippen molar-refractivity contribution in [3.63, 3.8) is 0 Å². The number of benzene rings is 2. The number of imidazole rings is 1. The minimum absolute atomic E-state index is 0.0631. The van der Waals surface area contributed by atoms with Crippen molar-refractivity contribution in [3.8, 4) is 11.5 Å². The van der Waals surface area contributed by atoms with Crippen molar-refractivity contribution in [1.82, 2.24) is 14.7 Å². The zero-order chi connectivity index (χ0) is 22.8. The third kappa shape index (κ3) is 4.12. The summed E-state index contributed by atoms with van der Waals surface area (Å²) in [5.41, 5.74) is 4.13. The van der Waals surface area contributed by atoms with Gasteiger partial charge in [-0.1, -0.05) is 18.2 Å². The Morgan fingerprint density at radius 3 is 2.70 bits per heavy atom. The van der Waals surface area contributed by atoms with Crippen LogP contribution >= 0.6 is 0 Å². The fraction of sp³-hybridized carbons (Fsp3) is 0.269. The Balaban J connectivity index is 1.51. The molecule has 33 heavy (non-hydrogen) atoms. The molecule has 1 aliphatic heterocycles. The molecule has 5 rings (SSSR count). The molecule has 1 N–H and O–H groups in total. The van der Waals surface area contributed by atoms with Gasteiger partial charge in [0.25, 0.3) is 0 Å². The first kappa shape index (κ1) is 21.3. The molecule has 0 radical (unpaired) electrons. The number of nitrogens with one attached hydrogen (secondary N) is 1. The van der Waals surface area contributed by atoms with E-state index in [1.165, 1.54) is 17.7 Å². The maximum atomic E-state index is 13.3. The summed E-state index contributed by atoms with van der Waals surface area (Å²) in [5.74, 6) is 1.22. The van der Waals surface area contributed by atoms with Crippen LogP contribution < -0.4 is 19.7 Å². The Kier molecular flexibility index (Phi) is 5.88. The summed E-state index contributed by atoms with van der Waals surface area (Å²) in [7, 11) is 3.33. The van der Waals surface area contributed by atoms with Gasteiger partial charge in [0.15, 0.2) is 11.5 Å². The predicted octanol–water partition coefficient (Wildman–Crippen LogP) is 4.60. The van der Waals surface area contributed by atoms with Gasteiger partial charge < -0.3 is 24.1 Å². The molecular weight excluding hydrogens is 419 g/mol. The molecule has 0 bridgehead atoms. The fourth-order valence-corrected chi connectivity index (χ4v) is 4.75. The van der Waals surface area contributed by atoms with Gasteiger partial charge in [0.2, 0.25) is 0 Å². The molecule has 0 saturated carbocycles. The molecule has 2 aromatic carbocycles. The highest BCUT2D eigenvalue weighted by Gasteiger charge is 2.37. The summed E-state index contributed by atoms with van der Waals surface area (Å²) >= 11 is 0. The average Bonchev–Trinajstić information content (AvgIpc) is 3.49. The highest BCUT2D eigenvalue weighted by Crippen LogP contribution is 2.44. The monoisotopic (exact) mass is 446 g/mol. The number of hydrogen-bond donors (Lipinski definition) is 1. The Morgan fingerprint density at radius 2 is 1.91 bits per heavy atom. The Morgan fingerprint density at radius 1 is 1.06 bits per heavy atom. The van der Waals surface area contributed by atoms with Crippen molar-refractivity contribution in [2.45, 2.75) is 25.0 Å². The summed E-state index contributed by atoms with van der Waals surface area (Å²) in [6, 6.07) is 17.2. The molecule has 3 heterocycles. The number of methoxy groups -OCH3 is 2. The summed E-state index contributed by atoms with van der Waals surface area (Å²) in [6.07, 6.45) is 6.75. The Labute approximate surface area is 192 Å². The van der Waals surface area contributed by atoms with E-state index in [0.29, 0.717) is 12.3 Å². The van der Waals surface area contributed by atoms with E-state index in [-0.39, 0.29) is 17.9 Å². The first-order valence-corrected chi connectivity index (χ1v) is 11.1. The van der Waals surface area contributed by atoms with Crippen molar-refractivity contribution in [2.75, 3.05) is 25.7 Å². The van der Waals surface area contributed by atoms with Gasteiger partial charge in [0, 0.05) is 37.7 Å². The number of fused-ring (bicyclic) bond motifs is 1. The zero-order valence-electron chi connectivity index (χ0n) is 18.7. The van der Waals surface area contributed by atoms with Crippen molar-refractivity contribution >= 4 is 11.3 Å². The lowest BCUT2D eigenvalue weighted by Crippen LogP contribution is -2.36. The molecule has 4 aromatic rings. The maximum absolute atomic E-state index is 13.3. The number of hydrogen-bond acceptors (Lipinski definition) is 5. The molecule has 170 valence electrons. The highest BCUT2D eigenvalue weighted by atomic mass is 19.1. The molecule has 7 heteroatoms. The van der Waals surface area contributed by atoms with E-state index in [4.69, 9.17) is 9.47 Å². The van der Waals surface area contributed by atoms with Gasteiger partial charge in [-0.15, -0.1) is 0 Å². The molecule has 0 aliphatic carbocycles. The number of pyridine rings is 1. The first-order chi connectivity index (χ1) is 16.2. The van der Waals surface area contributed by atoms with E-state index in [1.54, 1.807) is 20.4 Å². The Bertz CT molecular complexity index is 1240. The molecule has 2 aromatic heterocycles. The zero-order valence-corrected chi connectivity index (χ0v) is 18.7. The molecule has 1 saturated heterocycles. The van der Waals surface area contributed by atoms with E-state index in [9.17, 15) is 4.39 Å². The first-order valence-electron chi connectivity index (χ1n) is 11.1. The number of ether oxygens (including phenoxy) is 2. The van der Waals surface area contributed by atoms with E-state index in [1.807, 2.05) is 41.1 Å². The molecule has 2 atom stereocenters. The number of nitrogens with zero attached hydrogens (tertiary/aromatic N) is 3. The quantitative estimate of drug-likeness (QED) is 0.450. The Hall–Kier alpha value is -3.58. The van der Waals surface area contributed by atoms with Crippen LogP contribution in [0.3, 0.4) is 0 Å². The van der Waals surface area contributed by atoms with Crippen molar-refractivity contribution in [2.24, 2.45) is 0 Å². The smallest absolute Gasteiger partial charge is 0.184 e. The lowest BCUT2D eigenvalue weighted by molar-refractivity contribution is 0.354. The number of aromatic nitrogens is 2. The second kappa shape index (κ2) is 9.11. The van der Waals surface area contributed by atoms with E-state index in [0.717, 1.165) is 35.6 Å². The summed E-state index contributed by atoms with van der Waals surface area (Å²) < 4.78 is 26.7. The van der Waals surface area contributed by atoms with E-state index >= 15 is 0 Å². The fourth-order valence-electron chi connectivity index (χ4n) is 4.75. The SMILES string of the molecule is COc1cccc(N2CCC(NCc3ccc(F)cc3)C2c2ccn3ccnc3c2)c1OC. The van der Waals surface area contributed by atoms with Gasteiger partial charge in [-0.2, -0.15) is 0 Å². The number of para-hydroxylation sites is 1. The topological polar surface area (TPSA) is 51.0 Å². The van der Waals surface area contributed by atoms with Gasteiger partial charge >= 0.3 is 0 Å². The van der Waals surface area contributed by atoms with Crippen LogP contribution in [-0.4, -0.2) is 36.2 Å². The van der Waals surface area contributed by atoms with Crippen LogP contribution in [0.15, 0.2) is 73.2 Å². The molecule has 0 spiro atoms. The lowest BCUT2D eigenvalue weighted by atomic mass is 10.00. The second-order valence-electron chi connectivity index (χ2n) is 8.21. The molecule has 1 aliphatic rings. The highest BCUT2D eigenvalue weighted by molar-refractivity contribution is 5.67. The summed E-state index contributed by atoms with van der Waals surface area (Å²) in [5, 5.41) is 3.71. The molecule has 1 fully saturated rings. The normalized spacial score (nSPS) is 18.1. The summed E-state index contributed by atoms with van der Waals surface area (Å²) in [4.78, 5) is 6.85. The second-order valence-corrected chi connectivity index (χ2v) is 8.21. The van der Waals surface area contributed by atoms with Gasteiger partial charge in [-0.05, 0) is 53.9 Å². The number of anilines is 1. The minimum atomic E-state index is -0.221. The predicted molar refractivity (Wildman–Crippen MR) is 126 cm³/mol. The van der Waals surface area contributed by atoms with Crippen LogP contribution in [0.25, 0.3) is 5.65 Å². The largest absolute Gasteiger partial charge is 0.493 e. The number of halogens is 1. The minimum Gasteiger partial charge on any atom is -0.493 e. The van der Waals surface area contributed by atoms with Crippen LogP contribution in [-0.2, 0) is 6.54 Å². The van der Waals surface area contributed by atoms with Crippen LogP contribution in [0.2, 0.25) is 0 Å². The van der Waals surface area contributed by atoms with Crippen LogP contribution in [0.1, 0.15) is 23.6 Å². The van der Waals surface area contributed by atoms with Crippen LogP contribution in [0.5, 0.6) is 11.5 Å². The summed E-state index contributed by atoms with van der Waals surface area (Å²) in [6.45, 7) is 1.52. The molecule has 0 amide bonds. The molecule has 6 nitrogen and oxygen atoms in total. The molecular formula is C26H27FN4O2. The van der Waals surface area contributed by atoms with E-state index in [2.05, 4.69) is 33.4 Å². The van der Waals surface area contributed by atoms with Crippen molar-refractivity contribution in [3.05, 3.63) is 90.1 Å². The van der Waals surface area contributed by atoms with Gasteiger partial charge in [0.05, 0.1) is 25.9 Å². The van der Waals surface area contributed by atoms with Crippen molar-refractivity contribution < 1.29 is 13.9 Å². The van der Waals surface area contributed by atoms with Gasteiger partial charge in [-0.25, -0.2) is 9.37 Å². The molecule has 2 unspecified atom stereocenters. The third-order valence-electron chi connectivity index (χ3n) is 6.33. The van der Waals surface area contributed by atoms with Gasteiger partial charge in [-0.3, -0.25) is 0 Å². The third-order valence-corrected chi connectivity index (χ3v) is 6.33. The average molecular weight is 447 g/mol. The van der Waals surface area contributed by atoms with E-state index < -0.39 is 0 Å². The standard InChI is InChI=1S/C26H27FN4O2/c1-32-23-5-3-4-22(26(23)33-2)31-14-11-21(29-17-18-6-8-20(27)9-7-18)25(31)19-10-13-30-15-12-28-24(30)16-19/h3-10,12-13,15-16,21,25,29H,11,14,17H2,1-2H3. The number of rotatable bonds is 7. The lowest BCUT2D eigenvalue weighted by Gasteiger charge is -2.32. The maximum Gasteiger partial charge on any atom is 0.184 e.